The van der Waals surface area contributed by atoms with Crippen molar-refractivity contribution in [3.63, 3.8) is 0 Å². The maximum Gasteiger partial charge on any atom is 0.253 e. The fraction of sp³-hybridized carbons (Fsp3) is 0.129. The topological polar surface area (TPSA) is 90.5 Å². The first-order valence-corrected chi connectivity index (χ1v) is 12.3. The molecule has 4 rings (SSSR count). The third-order valence-electron chi connectivity index (χ3n) is 5.90. The highest BCUT2D eigenvalue weighted by atomic mass is 16.2. The number of benzene rings is 4. The van der Waals surface area contributed by atoms with Gasteiger partial charge in [0.2, 0.25) is 5.91 Å². The Morgan fingerprint density at radius 3 is 2.03 bits per heavy atom. The molecule has 3 N–H and O–H groups in total. The van der Waals surface area contributed by atoms with Crippen LogP contribution in [0.5, 0.6) is 0 Å². The fourth-order valence-electron chi connectivity index (χ4n) is 3.88. The van der Waals surface area contributed by atoms with Crippen molar-refractivity contribution in [1.82, 2.24) is 10.2 Å². The second-order valence-electron chi connectivity index (χ2n) is 8.87. The second kappa shape index (κ2) is 12.9. The zero-order valence-corrected chi connectivity index (χ0v) is 21.2. The number of carbonyl (C=O) groups excluding carboxylic acids is 3. The van der Waals surface area contributed by atoms with Crippen molar-refractivity contribution in [2.75, 3.05) is 24.2 Å². The summed E-state index contributed by atoms with van der Waals surface area (Å²) in [6, 6.07) is 33.3. The monoisotopic (exact) mass is 506 g/mol. The van der Waals surface area contributed by atoms with Gasteiger partial charge in [0.15, 0.2) is 0 Å². The number of nitrogens with one attached hydrogen (secondary N) is 3. The molecule has 3 amide bonds. The van der Waals surface area contributed by atoms with Crippen LogP contribution in [0.15, 0.2) is 109 Å². The minimum Gasteiger partial charge on any atom is -0.376 e. The Balaban J connectivity index is 1.25. The molecule has 38 heavy (non-hydrogen) atoms. The summed E-state index contributed by atoms with van der Waals surface area (Å²) in [6.45, 7) is 0.976. The molecular weight excluding hydrogens is 476 g/mol. The fourth-order valence-corrected chi connectivity index (χ4v) is 3.88. The van der Waals surface area contributed by atoms with E-state index >= 15 is 0 Å². The van der Waals surface area contributed by atoms with E-state index in [1.807, 2.05) is 66.7 Å². The van der Waals surface area contributed by atoms with Crippen molar-refractivity contribution < 1.29 is 14.4 Å². The van der Waals surface area contributed by atoms with Crippen molar-refractivity contribution in [3.8, 4) is 0 Å². The molecule has 7 nitrogen and oxygen atoms in total. The molecule has 0 aromatic heterocycles. The molecule has 0 radical (unpaired) electrons. The number of amides is 3. The molecule has 0 aliphatic heterocycles. The Morgan fingerprint density at radius 2 is 1.34 bits per heavy atom. The molecule has 192 valence electrons. The Hall–Kier alpha value is -4.91. The second-order valence-corrected chi connectivity index (χ2v) is 8.87. The van der Waals surface area contributed by atoms with Crippen molar-refractivity contribution in [2.24, 2.45) is 0 Å². The molecule has 0 aliphatic carbocycles. The van der Waals surface area contributed by atoms with Gasteiger partial charge in [-0.25, -0.2) is 0 Å². The number of nitrogens with zero attached hydrogens (tertiary/aromatic N) is 1. The van der Waals surface area contributed by atoms with E-state index in [9.17, 15) is 14.4 Å². The zero-order valence-electron chi connectivity index (χ0n) is 21.2. The van der Waals surface area contributed by atoms with Crippen LogP contribution in [0.3, 0.4) is 0 Å². The van der Waals surface area contributed by atoms with Crippen LogP contribution in [0, 0.1) is 0 Å². The van der Waals surface area contributed by atoms with E-state index < -0.39 is 0 Å². The summed E-state index contributed by atoms with van der Waals surface area (Å²) in [5.74, 6) is -0.531. The Kier molecular flexibility index (Phi) is 8.86. The summed E-state index contributed by atoms with van der Waals surface area (Å²) < 4.78 is 0. The SMILES string of the molecule is CN(Cc1ccccc1)C(=O)c1cccc(NCC(=O)Nc2ccc(C(=O)NCc3ccccc3)cc2)c1. The van der Waals surface area contributed by atoms with E-state index in [0.717, 1.165) is 11.1 Å². The van der Waals surface area contributed by atoms with Crippen molar-refractivity contribution in [3.05, 3.63) is 131 Å². The first kappa shape index (κ1) is 26.2. The highest BCUT2D eigenvalue weighted by Crippen LogP contribution is 2.15. The van der Waals surface area contributed by atoms with Crippen LogP contribution >= 0.6 is 0 Å². The normalized spacial score (nSPS) is 10.3. The van der Waals surface area contributed by atoms with Gasteiger partial charge in [0.1, 0.15) is 0 Å². The summed E-state index contributed by atoms with van der Waals surface area (Å²) in [5.41, 5.74) is 4.37. The first-order valence-electron chi connectivity index (χ1n) is 12.3. The van der Waals surface area contributed by atoms with Crippen LogP contribution in [0.2, 0.25) is 0 Å². The number of hydrogen-bond donors (Lipinski definition) is 3. The van der Waals surface area contributed by atoms with Gasteiger partial charge in [0.05, 0.1) is 6.54 Å². The van der Waals surface area contributed by atoms with Gasteiger partial charge in [-0.2, -0.15) is 0 Å². The van der Waals surface area contributed by atoms with Gasteiger partial charge in [-0.3, -0.25) is 14.4 Å². The van der Waals surface area contributed by atoms with Crippen LogP contribution in [0.4, 0.5) is 11.4 Å². The van der Waals surface area contributed by atoms with Crippen molar-refractivity contribution in [1.29, 1.82) is 0 Å². The maximum atomic E-state index is 12.9. The van der Waals surface area contributed by atoms with Gasteiger partial charge in [-0.1, -0.05) is 66.7 Å². The van der Waals surface area contributed by atoms with E-state index in [1.54, 1.807) is 54.4 Å². The van der Waals surface area contributed by atoms with Gasteiger partial charge in [-0.05, 0) is 53.6 Å². The molecule has 0 unspecified atom stereocenters. The Labute approximate surface area is 222 Å². The Bertz CT molecular complexity index is 1370. The summed E-state index contributed by atoms with van der Waals surface area (Å²) in [6.07, 6.45) is 0. The van der Waals surface area contributed by atoms with E-state index in [4.69, 9.17) is 0 Å². The molecule has 0 aliphatic rings. The number of hydrogen-bond acceptors (Lipinski definition) is 4. The molecule has 0 saturated carbocycles. The molecule has 4 aromatic carbocycles. The lowest BCUT2D eigenvalue weighted by atomic mass is 10.1. The summed E-state index contributed by atoms with van der Waals surface area (Å²) in [7, 11) is 1.76. The first-order chi connectivity index (χ1) is 18.5. The smallest absolute Gasteiger partial charge is 0.253 e. The minimum atomic E-state index is -0.246. The van der Waals surface area contributed by atoms with Crippen molar-refractivity contribution >= 4 is 29.1 Å². The van der Waals surface area contributed by atoms with Gasteiger partial charge in [0.25, 0.3) is 11.8 Å². The summed E-state index contributed by atoms with van der Waals surface area (Å²) in [4.78, 5) is 39.4. The largest absolute Gasteiger partial charge is 0.376 e. The number of anilines is 2. The van der Waals surface area contributed by atoms with Crippen LogP contribution in [-0.4, -0.2) is 36.2 Å². The molecular formula is C31H30N4O3. The van der Waals surface area contributed by atoms with E-state index in [1.165, 1.54) is 0 Å². The third-order valence-corrected chi connectivity index (χ3v) is 5.90. The zero-order chi connectivity index (χ0) is 26.7. The average molecular weight is 507 g/mol. The molecule has 4 aromatic rings. The molecule has 0 bridgehead atoms. The Morgan fingerprint density at radius 1 is 0.684 bits per heavy atom. The van der Waals surface area contributed by atoms with Crippen LogP contribution in [0.25, 0.3) is 0 Å². The standard InChI is InChI=1S/C31H30N4O3/c1-35(22-24-11-6-3-7-12-24)31(38)26-13-8-14-28(19-26)32-21-29(36)34-27-17-15-25(16-18-27)30(37)33-20-23-9-4-2-5-10-23/h2-19,32H,20-22H2,1H3,(H,33,37)(H,34,36). The lowest BCUT2D eigenvalue weighted by Gasteiger charge is -2.18. The van der Waals surface area contributed by atoms with E-state index in [2.05, 4.69) is 16.0 Å². The van der Waals surface area contributed by atoms with Gasteiger partial charge < -0.3 is 20.9 Å². The van der Waals surface area contributed by atoms with Crippen LogP contribution in [-0.2, 0) is 17.9 Å². The van der Waals surface area contributed by atoms with Gasteiger partial charge >= 0.3 is 0 Å². The minimum absolute atomic E-state index is 0.0246. The van der Waals surface area contributed by atoms with E-state index in [0.29, 0.717) is 35.6 Å². The van der Waals surface area contributed by atoms with Crippen LogP contribution in [0.1, 0.15) is 31.8 Å². The molecule has 0 fully saturated rings. The molecule has 0 atom stereocenters. The molecule has 0 saturated heterocycles. The predicted octanol–water partition coefficient (Wildman–Crippen LogP) is 4.94. The number of carbonyl (C=O) groups is 3. The molecule has 7 heteroatoms. The third kappa shape index (κ3) is 7.54. The number of rotatable bonds is 10. The quantitative estimate of drug-likeness (QED) is 0.284. The van der Waals surface area contributed by atoms with Gasteiger partial charge in [-0.15, -0.1) is 0 Å². The lowest BCUT2D eigenvalue weighted by Crippen LogP contribution is -2.26. The lowest BCUT2D eigenvalue weighted by molar-refractivity contribution is -0.114. The highest BCUT2D eigenvalue weighted by molar-refractivity contribution is 5.97. The summed E-state index contributed by atoms with van der Waals surface area (Å²) >= 11 is 0. The molecule has 0 heterocycles. The maximum absolute atomic E-state index is 12.9. The van der Waals surface area contributed by atoms with E-state index in [-0.39, 0.29) is 24.3 Å². The van der Waals surface area contributed by atoms with Crippen LogP contribution < -0.4 is 16.0 Å². The average Bonchev–Trinajstić information content (AvgIpc) is 2.96. The highest BCUT2D eigenvalue weighted by Gasteiger charge is 2.13. The summed E-state index contributed by atoms with van der Waals surface area (Å²) in [5, 5.41) is 8.76. The molecule has 0 spiro atoms. The van der Waals surface area contributed by atoms with Crippen molar-refractivity contribution in [2.45, 2.75) is 13.1 Å². The van der Waals surface area contributed by atoms with Gasteiger partial charge in [0, 0.05) is 42.6 Å². The predicted molar refractivity (Wildman–Crippen MR) is 150 cm³/mol.